The van der Waals surface area contributed by atoms with Crippen molar-refractivity contribution in [3.8, 4) is 0 Å². The molecule has 1 aliphatic rings. The number of benzene rings is 1. The third-order valence-corrected chi connectivity index (χ3v) is 3.56. The van der Waals surface area contributed by atoms with Crippen LogP contribution in [0.4, 0.5) is 0 Å². The number of nitrogens with one attached hydrogen (secondary N) is 1. The maximum atomic E-state index is 3.64. The molecular formula is C14H22N2. The highest BCUT2D eigenvalue weighted by molar-refractivity contribution is 5.22. The van der Waals surface area contributed by atoms with Gasteiger partial charge in [0.2, 0.25) is 0 Å². The number of nitrogens with zero attached hydrogens (tertiary/aromatic N) is 1. The Morgan fingerprint density at radius 1 is 1.44 bits per heavy atom. The van der Waals surface area contributed by atoms with E-state index in [9.17, 15) is 0 Å². The van der Waals surface area contributed by atoms with Crippen LogP contribution < -0.4 is 5.32 Å². The number of likely N-dealkylation sites (N-methyl/N-ethyl adjacent to an activating group) is 1. The van der Waals surface area contributed by atoms with Crippen molar-refractivity contribution in [1.82, 2.24) is 10.2 Å². The van der Waals surface area contributed by atoms with Gasteiger partial charge in [0.05, 0.1) is 0 Å². The molecule has 2 nitrogen and oxygen atoms in total. The van der Waals surface area contributed by atoms with Crippen molar-refractivity contribution in [3.05, 3.63) is 35.4 Å². The topological polar surface area (TPSA) is 15.3 Å². The summed E-state index contributed by atoms with van der Waals surface area (Å²) in [6.07, 6.45) is 1.27. The van der Waals surface area contributed by atoms with E-state index in [4.69, 9.17) is 0 Å². The number of aryl methyl sites for hydroxylation is 1. The first-order valence-corrected chi connectivity index (χ1v) is 6.14. The average molecular weight is 218 g/mol. The zero-order valence-electron chi connectivity index (χ0n) is 10.5. The van der Waals surface area contributed by atoms with Crippen LogP contribution in [-0.4, -0.2) is 30.6 Å². The summed E-state index contributed by atoms with van der Waals surface area (Å²) in [6, 6.07) is 10.1. The van der Waals surface area contributed by atoms with Gasteiger partial charge in [0, 0.05) is 25.2 Å². The van der Waals surface area contributed by atoms with E-state index in [0.717, 1.165) is 12.6 Å². The van der Waals surface area contributed by atoms with Crippen LogP contribution in [-0.2, 0) is 6.54 Å². The Morgan fingerprint density at radius 3 is 2.88 bits per heavy atom. The van der Waals surface area contributed by atoms with Gasteiger partial charge in [0.25, 0.3) is 0 Å². The first-order valence-electron chi connectivity index (χ1n) is 6.14. The zero-order chi connectivity index (χ0) is 11.5. The molecule has 88 valence electrons. The van der Waals surface area contributed by atoms with Crippen molar-refractivity contribution >= 4 is 0 Å². The van der Waals surface area contributed by atoms with Gasteiger partial charge in [-0.1, -0.05) is 29.8 Å². The van der Waals surface area contributed by atoms with E-state index < -0.39 is 0 Å². The summed E-state index contributed by atoms with van der Waals surface area (Å²) >= 11 is 0. The summed E-state index contributed by atoms with van der Waals surface area (Å²) in [5.41, 5.74) is 2.73. The van der Waals surface area contributed by atoms with Crippen molar-refractivity contribution in [1.29, 1.82) is 0 Å². The SMILES string of the molecule is Cc1cccc(CNC2CC(C)N(C)C2)c1. The van der Waals surface area contributed by atoms with E-state index in [-0.39, 0.29) is 0 Å². The summed E-state index contributed by atoms with van der Waals surface area (Å²) in [5.74, 6) is 0. The van der Waals surface area contributed by atoms with E-state index in [1.807, 2.05) is 0 Å². The van der Waals surface area contributed by atoms with Crippen LogP contribution in [0.5, 0.6) is 0 Å². The fraction of sp³-hybridized carbons (Fsp3) is 0.571. The lowest BCUT2D eigenvalue weighted by Gasteiger charge is -2.13. The largest absolute Gasteiger partial charge is 0.309 e. The molecule has 0 spiro atoms. The monoisotopic (exact) mass is 218 g/mol. The Kier molecular flexibility index (Phi) is 3.62. The van der Waals surface area contributed by atoms with Crippen LogP contribution >= 0.6 is 0 Å². The van der Waals surface area contributed by atoms with Crippen molar-refractivity contribution in [2.24, 2.45) is 0 Å². The van der Waals surface area contributed by atoms with Crippen LogP contribution in [0, 0.1) is 6.92 Å². The lowest BCUT2D eigenvalue weighted by Crippen LogP contribution is -2.31. The summed E-state index contributed by atoms with van der Waals surface area (Å²) in [6.45, 7) is 6.61. The van der Waals surface area contributed by atoms with E-state index in [1.54, 1.807) is 0 Å². The second-order valence-corrected chi connectivity index (χ2v) is 5.09. The highest BCUT2D eigenvalue weighted by Crippen LogP contribution is 2.15. The van der Waals surface area contributed by atoms with Gasteiger partial charge < -0.3 is 10.2 Å². The average Bonchev–Trinajstić information content (AvgIpc) is 2.56. The molecule has 0 bridgehead atoms. The van der Waals surface area contributed by atoms with Crippen LogP contribution in [0.3, 0.4) is 0 Å². The van der Waals surface area contributed by atoms with Crippen LogP contribution in [0.25, 0.3) is 0 Å². The minimum absolute atomic E-state index is 0.653. The molecule has 1 fully saturated rings. The van der Waals surface area contributed by atoms with Crippen LogP contribution in [0.2, 0.25) is 0 Å². The lowest BCUT2D eigenvalue weighted by atomic mass is 10.1. The molecule has 1 aliphatic heterocycles. The molecule has 1 aromatic rings. The maximum Gasteiger partial charge on any atom is 0.0212 e. The van der Waals surface area contributed by atoms with Crippen molar-refractivity contribution in [2.45, 2.75) is 38.9 Å². The van der Waals surface area contributed by atoms with Crippen molar-refractivity contribution in [3.63, 3.8) is 0 Å². The molecule has 2 rings (SSSR count). The quantitative estimate of drug-likeness (QED) is 0.836. The highest BCUT2D eigenvalue weighted by atomic mass is 15.2. The van der Waals surface area contributed by atoms with Gasteiger partial charge in [-0.2, -0.15) is 0 Å². The molecule has 1 saturated heterocycles. The molecule has 2 heteroatoms. The van der Waals surface area contributed by atoms with Gasteiger partial charge in [0.15, 0.2) is 0 Å². The zero-order valence-corrected chi connectivity index (χ0v) is 10.5. The normalized spacial score (nSPS) is 26.2. The molecular weight excluding hydrogens is 196 g/mol. The molecule has 16 heavy (non-hydrogen) atoms. The first-order chi connectivity index (χ1) is 7.65. The third kappa shape index (κ3) is 2.83. The first kappa shape index (κ1) is 11.6. The smallest absolute Gasteiger partial charge is 0.0212 e. The third-order valence-electron chi connectivity index (χ3n) is 3.56. The molecule has 1 N–H and O–H groups in total. The molecule has 0 aromatic heterocycles. The van der Waals surface area contributed by atoms with Crippen LogP contribution in [0.1, 0.15) is 24.5 Å². The minimum atomic E-state index is 0.653. The lowest BCUT2D eigenvalue weighted by molar-refractivity contribution is 0.326. The second-order valence-electron chi connectivity index (χ2n) is 5.09. The molecule has 0 saturated carbocycles. The Balaban J connectivity index is 1.84. The molecule has 1 heterocycles. The molecule has 2 unspecified atom stereocenters. The van der Waals surface area contributed by atoms with Gasteiger partial charge in [0.1, 0.15) is 0 Å². The van der Waals surface area contributed by atoms with Gasteiger partial charge in [-0.15, -0.1) is 0 Å². The summed E-state index contributed by atoms with van der Waals surface area (Å²) in [4.78, 5) is 2.42. The predicted octanol–water partition coefficient (Wildman–Crippen LogP) is 2.18. The van der Waals surface area contributed by atoms with E-state index >= 15 is 0 Å². The molecule has 2 atom stereocenters. The second kappa shape index (κ2) is 4.98. The highest BCUT2D eigenvalue weighted by Gasteiger charge is 2.25. The Morgan fingerprint density at radius 2 is 2.25 bits per heavy atom. The molecule has 0 aliphatic carbocycles. The Bertz CT molecular complexity index is 338. The number of hydrogen-bond donors (Lipinski definition) is 1. The summed E-state index contributed by atoms with van der Waals surface area (Å²) < 4.78 is 0. The molecule has 1 aromatic carbocycles. The Labute approximate surface area is 98.7 Å². The van der Waals surface area contributed by atoms with E-state index in [0.29, 0.717) is 6.04 Å². The van der Waals surface area contributed by atoms with E-state index in [2.05, 4.69) is 55.4 Å². The Hall–Kier alpha value is -0.860. The van der Waals surface area contributed by atoms with Gasteiger partial charge in [-0.05, 0) is 32.9 Å². The molecule has 0 radical (unpaired) electrons. The summed E-state index contributed by atoms with van der Waals surface area (Å²) in [5, 5.41) is 3.64. The fourth-order valence-electron chi connectivity index (χ4n) is 2.43. The maximum absolute atomic E-state index is 3.64. The van der Waals surface area contributed by atoms with E-state index in [1.165, 1.54) is 24.1 Å². The standard InChI is InChI=1S/C14H22N2/c1-11-5-4-6-13(7-11)9-15-14-8-12(2)16(3)10-14/h4-7,12,14-15H,8-10H2,1-3H3. The van der Waals surface area contributed by atoms with Gasteiger partial charge in [-0.3, -0.25) is 0 Å². The number of hydrogen-bond acceptors (Lipinski definition) is 2. The van der Waals surface area contributed by atoms with Crippen molar-refractivity contribution < 1.29 is 0 Å². The van der Waals surface area contributed by atoms with Gasteiger partial charge >= 0.3 is 0 Å². The predicted molar refractivity (Wildman–Crippen MR) is 68.5 cm³/mol. The fourth-order valence-corrected chi connectivity index (χ4v) is 2.43. The van der Waals surface area contributed by atoms with Gasteiger partial charge in [-0.25, -0.2) is 0 Å². The molecule has 0 amide bonds. The number of rotatable bonds is 3. The van der Waals surface area contributed by atoms with Crippen LogP contribution in [0.15, 0.2) is 24.3 Å². The van der Waals surface area contributed by atoms with Crippen molar-refractivity contribution in [2.75, 3.05) is 13.6 Å². The summed E-state index contributed by atoms with van der Waals surface area (Å²) in [7, 11) is 2.21. The minimum Gasteiger partial charge on any atom is -0.309 e. The number of likely N-dealkylation sites (tertiary alicyclic amines) is 1.